The van der Waals surface area contributed by atoms with Crippen LogP contribution in [0.2, 0.25) is 0 Å². The monoisotopic (exact) mass is 327 g/mol. The van der Waals surface area contributed by atoms with Gasteiger partial charge in [0.15, 0.2) is 0 Å². The van der Waals surface area contributed by atoms with Crippen LogP contribution in [0.3, 0.4) is 0 Å². The van der Waals surface area contributed by atoms with Gasteiger partial charge in [-0.15, -0.1) is 0 Å². The fourth-order valence-corrected chi connectivity index (χ4v) is 2.48. The Kier molecular flexibility index (Phi) is 7.00. The molecule has 0 saturated carbocycles. The summed E-state index contributed by atoms with van der Waals surface area (Å²) in [5.74, 6) is 2.93. The molecule has 0 spiro atoms. The molecular formula is C19H29N5. The zero-order chi connectivity index (χ0) is 17.4. The molecule has 130 valence electrons. The summed E-state index contributed by atoms with van der Waals surface area (Å²) in [5, 5.41) is 6.52. The van der Waals surface area contributed by atoms with Crippen LogP contribution in [0.5, 0.6) is 0 Å². The number of benzene rings is 1. The highest BCUT2D eigenvalue weighted by atomic mass is 15.1. The third-order valence-electron chi connectivity index (χ3n) is 3.83. The number of hydrogen-bond acceptors (Lipinski definition) is 5. The molecule has 2 N–H and O–H groups in total. The molecule has 0 unspecified atom stereocenters. The van der Waals surface area contributed by atoms with Gasteiger partial charge in [0.05, 0.1) is 0 Å². The second-order valence-electron chi connectivity index (χ2n) is 6.41. The maximum Gasteiger partial charge on any atom is 0.135 e. The van der Waals surface area contributed by atoms with E-state index in [2.05, 4.69) is 76.7 Å². The van der Waals surface area contributed by atoms with E-state index in [1.807, 2.05) is 13.1 Å². The van der Waals surface area contributed by atoms with Crippen molar-refractivity contribution in [1.29, 1.82) is 0 Å². The first kappa shape index (κ1) is 18.2. The maximum atomic E-state index is 4.59. The fraction of sp³-hybridized carbons (Fsp3) is 0.474. The Morgan fingerprint density at radius 2 is 1.79 bits per heavy atom. The number of hydrogen-bond donors (Lipinski definition) is 2. The molecule has 24 heavy (non-hydrogen) atoms. The van der Waals surface area contributed by atoms with E-state index in [1.165, 1.54) is 5.56 Å². The highest BCUT2D eigenvalue weighted by Crippen LogP contribution is 2.16. The fourth-order valence-electron chi connectivity index (χ4n) is 2.48. The van der Waals surface area contributed by atoms with E-state index in [9.17, 15) is 0 Å². The van der Waals surface area contributed by atoms with Crippen LogP contribution in [0.25, 0.3) is 0 Å². The third-order valence-corrected chi connectivity index (χ3v) is 3.83. The third kappa shape index (κ3) is 5.81. The Labute approximate surface area is 145 Å². The van der Waals surface area contributed by atoms with E-state index in [1.54, 1.807) is 0 Å². The lowest BCUT2D eigenvalue weighted by molar-refractivity contribution is 0.325. The van der Waals surface area contributed by atoms with Crippen LogP contribution in [0, 0.1) is 0 Å². The molecule has 2 rings (SSSR count). The first-order valence-electron chi connectivity index (χ1n) is 8.61. The van der Waals surface area contributed by atoms with Crippen molar-refractivity contribution in [2.24, 2.45) is 0 Å². The van der Waals surface area contributed by atoms with E-state index in [0.717, 1.165) is 43.5 Å². The molecular weight excluding hydrogens is 298 g/mol. The first-order chi connectivity index (χ1) is 11.6. The SMILES string of the molecule is CNc1cc(NCCCN(C)Cc2ccccc2)nc(C(C)C)n1. The Hall–Kier alpha value is -2.14. The topological polar surface area (TPSA) is 53.1 Å². The van der Waals surface area contributed by atoms with Crippen molar-refractivity contribution < 1.29 is 0 Å². The summed E-state index contributed by atoms with van der Waals surface area (Å²) < 4.78 is 0. The van der Waals surface area contributed by atoms with Gasteiger partial charge in [-0.25, -0.2) is 9.97 Å². The first-order valence-corrected chi connectivity index (χ1v) is 8.61. The highest BCUT2D eigenvalue weighted by molar-refractivity contribution is 5.47. The molecule has 1 aromatic heterocycles. The average Bonchev–Trinajstić information content (AvgIpc) is 2.59. The van der Waals surface area contributed by atoms with Gasteiger partial charge in [-0.1, -0.05) is 44.2 Å². The lowest BCUT2D eigenvalue weighted by atomic mass is 10.2. The molecule has 1 aromatic carbocycles. The van der Waals surface area contributed by atoms with Crippen LogP contribution >= 0.6 is 0 Å². The Morgan fingerprint density at radius 3 is 2.46 bits per heavy atom. The van der Waals surface area contributed by atoms with Gasteiger partial charge < -0.3 is 15.5 Å². The molecule has 0 atom stereocenters. The van der Waals surface area contributed by atoms with Crippen LogP contribution in [0.4, 0.5) is 11.6 Å². The summed E-state index contributed by atoms with van der Waals surface area (Å²) in [6.07, 6.45) is 1.07. The zero-order valence-corrected chi connectivity index (χ0v) is 15.2. The summed E-state index contributed by atoms with van der Waals surface area (Å²) >= 11 is 0. The van der Waals surface area contributed by atoms with E-state index >= 15 is 0 Å². The lowest BCUT2D eigenvalue weighted by Gasteiger charge is -2.17. The predicted octanol–water partition coefficient (Wildman–Crippen LogP) is 3.58. The summed E-state index contributed by atoms with van der Waals surface area (Å²) in [5.41, 5.74) is 1.35. The number of nitrogens with one attached hydrogen (secondary N) is 2. The van der Waals surface area contributed by atoms with Crippen molar-refractivity contribution in [3.63, 3.8) is 0 Å². The van der Waals surface area contributed by atoms with E-state index in [4.69, 9.17) is 0 Å². The minimum atomic E-state index is 0.316. The Morgan fingerprint density at radius 1 is 1.08 bits per heavy atom. The van der Waals surface area contributed by atoms with E-state index in [-0.39, 0.29) is 0 Å². The van der Waals surface area contributed by atoms with Crippen molar-refractivity contribution in [1.82, 2.24) is 14.9 Å². The number of aromatic nitrogens is 2. The van der Waals surface area contributed by atoms with Gasteiger partial charge in [-0.2, -0.15) is 0 Å². The van der Waals surface area contributed by atoms with E-state index < -0.39 is 0 Å². The molecule has 0 fully saturated rings. The molecule has 2 aromatic rings. The minimum absolute atomic E-state index is 0.316. The lowest BCUT2D eigenvalue weighted by Crippen LogP contribution is -2.21. The van der Waals surface area contributed by atoms with Gasteiger partial charge in [-0.3, -0.25) is 0 Å². The summed E-state index contributed by atoms with van der Waals surface area (Å²) in [4.78, 5) is 11.4. The van der Waals surface area contributed by atoms with Crippen LogP contribution in [0.15, 0.2) is 36.4 Å². The van der Waals surface area contributed by atoms with Gasteiger partial charge >= 0.3 is 0 Å². The predicted molar refractivity (Wildman–Crippen MR) is 102 cm³/mol. The van der Waals surface area contributed by atoms with Gasteiger partial charge in [-0.05, 0) is 25.6 Å². The quantitative estimate of drug-likeness (QED) is 0.690. The summed E-state index contributed by atoms with van der Waals surface area (Å²) in [6.45, 7) is 7.14. The van der Waals surface area contributed by atoms with Crippen molar-refractivity contribution >= 4 is 11.6 Å². The molecule has 0 saturated heterocycles. The number of anilines is 2. The Balaban J connectivity index is 1.78. The van der Waals surface area contributed by atoms with Crippen molar-refractivity contribution in [3.8, 4) is 0 Å². The van der Waals surface area contributed by atoms with Crippen molar-refractivity contribution in [2.45, 2.75) is 32.7 Å². The second-order valence-corrected chi connectivity index (χ2v) is 6.41. The van der Waals surface area contributed by atoms with Gasteiger partial charge in [0.2, 0.25) is 0 Å². The van der Waals surface area contributed by atoms with Crippen LogP contribution < -0.4 is 10.6 Å². The second kappa shape index (κ2) is 9.23. The molecule has 0 aliphatic rings. The van der Waals surface area contributed by atoms with Gasteiger partial charge in [0, 0.05) is 32.1 Å². The highest BCUT2D eigenvalue weighted by Gasteiger charge is 2.07. The minimum Gasteiger partial charge on any atom is -0.373 e. The van der Waals surface area contributed by atoms with E-state index in [0.29, 0.717) is 5.92 Å². The van der Waals surface area contributed by atoms with Crippen LogP contribution in [0.1, 0.15) is 37.6 Å². The van der Waals surface area contributed by atoms with Crippen molar-refractivity contribution in [3.05, 3.63) is 47.8 Å². The molecule has 1 heterocycles. The number of rotatable bonds is 9. The molecule has 0 amide bonds. The maximum absolute atomic E-state index is 4.59. The van der Waals surface area contributed by atoms with Crippen molar-refractivity contribution in [2.75, 3.05) is 37.8 Å². The standard InChI is InChI=1S/C19H29N5/c1-15(2)19-22-17(20-3)13-18(23-19)21-11-8-12-24(4)14-16-9-6-5-7-10-16/h5-7,9-10,13,15H,8,11-12,14H2,1-4H3,(H2,20,21,22,23). The molecule has 5 heteroatoms. The average molecular weight is 327 g/mol. The summed E-state index contributed by atoms with van der Waals surface area (Å²) in [6, 6.07) is 12.5. The smallest absolute Gasteiger partial charge is 0.135 e. The van der Waals surface area contributed by atoms with Crippen LogP contribution in [-0.4, -0.2) is 42.1 Å². The largest absolute Gasteiger partial charge is 0.373 e. The molecule has 0 radical (unpaired) electrons. The normalized spacial score (nSPS) is 11.1. The van der Waals surface area contributed by atoms with Gasteiger partial charge in [0.1, 0.15) is 17.5 Å². The Bertz CT molecular complexity index is 612. The molecule has 0 aliphatic carbocycles. The molecule has 5 nitrogen and oxygen atoms in total. The summed E-state index contributed by atoms with van der Waals surface area (Å²) in [7, 11) is 4.04. The zero-order valence-electron chi connectivity index (χ0n) is 15.2. The molecule has 0 bridgehead atoms. The van der Waals surface area contributed by atoms with Gasteiger partial charge in [0.25, 0.3) is 0 Å². The van der Waals surface area contributed by atoms with Crippen LogP contribution in [-0.2, 0) is 6.54 Å². The number of nitrogens with zero attached hydrogens (tertiary/aromatic N) is 3. The molecule has 0 aliphatic heterocycles.